The van der Waals surface area contributed by atoms with Crippen LogP contribution in [-0.4, -0.2) is 17.1 Å². The molecule has 3 heteroatoms. The number of nitrogens with two attached hydrogens (primary N) is 1. The molecule has 0 aromatic heterocycles. The van der Waals surface area contributed by atoms with Crippen LogP contribution in [0.15, 0.2) is 0 Å². The summed E-state index contributed by atoms with van der Waals surface area (Å²) >= 11 is 0. The molecule has 0 unspecified atom stereocenters. The number of hydrogen-bond donors (Lipinski definition) is 2. The fourth-order valence-corrected chi connectivity index (χ4v) is 0.547. The van der Waals surface area contributed by atoms with E-state index in [1.165, 1.54) is 0 Å². The molecule has 0 fully saturated rings. The molecule has 1 atom stereocenters. The van der Waals surface area contributed by atoms with Crippen LogP contribution in [0.5, 0.6) is 0 Å². The zero-order valence-corrected chi connectivity index (χ0v) is 5.66. The molecule has 0 radical (unpaired) electrons. The summed E-state index contributed by atoms with van der Waals surface area (Å²) in [4.78, 5) is 10.4. The number of carbonyl (C=O) groups is 1. The number of hydrogen-bond acceptors (Lipinski definition) is 2. The molecule has 0 aliphatic carbocycles. The minimum Gasteiger partial charge on any atom is -0.480 e. The van der Waals surface area contributed by atoms with Crippen molar-refractivity contribution in [2.24, 2.45) is 11.6 Å². The molecule has 0 aromatic carbocycles. The lowest BCUT2D eigenvalue weighted by Crippen LogP contribution is -2.31. The summed E-state index contributed by atoms with van der Waals surface area (Å²) in [6.45, 7) is 3.72. The van der Waals surface area contributed by atoms with Crippen LogP contribution in [0.4, 0.5) is 0 Å². The zero-order chi connectivity index (χ0) is 9.02. The molecule has 0 spiro atoms. The van der Waals surface area contributed by atoms with Crippen molar-refractivity contribution in [1.82, 2.24) is 0 Å². The molecule has 0 rings (SSSR count). The number of rotatable bonds is 4. The predicted octanol–water partition coefficient (Wildman–Crippen LogP) is 0.444. The van der Waals surface area contributed by atoms with E-state index in [2.05, 4.69) is 0 Å². The van der Waals surface area contributed by atoms with Crippen LogP contribution >= 0.6 is 0 Å². The van der Waals surface area contributed by atoms with Gasteiger partial charge in [0.25, 0.3) is 0 Å². The third-order valence-corrected chi connectivity index (χ3v) is 0.980. The van der Waals surface area contributed by atoms with Crippen molar-refractivity contribution >= 4 is 5.97 Å². The van der Waals surface area contributed by atoms with E-state index in [9.17, 15) is 4.79 Å². The molecule has 0 aliphatic heterocycles. The van der Waals surface area contributed by atoms with Crippen molar-refractivity contribution in [3.63, 3.8) is 0 Å². The van der Waals surface area contributed by atoms with Crippen LogP contribution in [0.1, 0.15) is 20.3 Å². The lowest BCUT2D eigenvalue weighted by atomic mass is 10.1. The molecular formula is C6H13NO2. The largest absolute Gasteiger partial charge is 0.480 e. The molecule has 9 heavy (non-hydrogen) atoms. The van der Waals surface area contributed by atoms with Crippen LogP contribution in [0.3, 0.4) is 0 Å². The van der Waals surface area contributed by atoms with E-state index in [1.54, 1.807) is 0 Å². The van der Waals surface area contributed by atoms with Crippen molar-refractivity contribution in [3.8, 4) is 0 Å². The van der Waals surface area contributed by atoms with Crippen molar-refractivity contribution in [2.75, 3.05) is 0 Å². The maximum atomic E-state index is 10.4. The van der Waals surface area contributed by atoms with Crippen LogP contribution in [0.2, 0.25) is 2.82 Å². The first kappa shape index (κ1) is 5.23. The van der Waals surface area contributed by atoms with Gasteiger partial charge in [-0.2, -0.15) is 0 Å². The quantitative estimate of drug-likeness (QED) is 0.588. The van der Waals surface area contributed by atoms with Crippen molar-refractivity contribution < 1.29 is 12.7 Å². The monoisotopic (exact) mass is 135 g/mol. The highest BCUT2D eigenvalue weighted by atomic mass is 16.4. The first-order chi connectivity index (χ1) is 4.95. The predicted molar refractivity (Wildman–Crippen MR) is 35.1 cm³/mol. The fraction of sp³-hybridized carbons (Fsp3) is 0.833. The highest BCUT2D eigenvalue weighted by molar-refractivity contribution is 5.72. The van der Waals surface area contributed by atoms with Gasteiger partial charge in [0.1, 0.15) is 8.87 Å². The van der Waals surface area contributed by atoms with Gasteiger partial charge in [-0.05, 0) is 12.3 Å². The first-order valence-electron chi connectivity index (χ1n) is 3.84. The second kappa shape index (κ2) is 3.45. The van der Waals surface area contributed by atoms with Crippen molar-refractivity contribution in [2.45, 2.75) is 26.3 Å². The van der Waals surface area contributed by atoms with Crippen molar-refractivity contribution in [1.29, 1.82) is 0 Å². The zero-order valence-electron chi connectivity index (χ0n) is 7.66. The summed E-state index contributed by atoms with van der Waals surface area (Å²) in [5.74, 6) is -0.919. The molecule has 0 saturated carbocycles. The minimum atomic E-state index is -1.11. The molecule has 3 nitrogen and oxygen atoms in total. The van der Waals surface area contributed by atoms with E-state index < -0.39 is 12.0 Å². The van der Waals surface area contributed by atoms with Crippen LogP contribution in [0, 0.1) is 5.92 Å². The average Bonchev–Trinajstić information content (AvgIpc) is 1.81. The standard InChI is InChI=1S/C6H13NO2/c1-4(2)3-5(7)6(8)9/h4-5H,3,7H2,1-2H3,(H,8,9)/t5-/m0/s1/i/hT2. The molecule has 54 valence electrons. The molecule has 3 N–H and O–H groups in total. The molecule has 0 saturated heterocycles. The summed E-state index contributed by atoms with van der Waals surface area (Å²) in [6, 6.07) is -1.00. The van der Waals surface area contributed by atoms with E-state index in [4.69, 9.17) is 7.93 Å². The van der Waals surface area contributed by atoms with E-state index in [0.717, 1.165) is 0 Å². The topological polar surface area (TPSA) is 63.3 Å². The van der Waals surface area contributed by atoms with Crippen LogP contribution in [-0.2, 0) is 4.79 Å². The second-order valence-corrected chi connectivity index (χ2v) is 2.48. The third kappa shape index (κ3) is 3.97. The Morgan fingerprint density at radius 2 is 2.44 bits per heavy atom. The molecule has 0 aromatic rings. The van der Waals surface area contributed by atoms with Gasteiger partial charge in [0.2, 0.25) is 0 Å². The summed E-state index contributed by atoms with van der Waals surface area (Å²) in [6.07, 6.45) is 0.336. The Morgan fingerprint density at radius 1 is 1.89 bits per heavy atom. The van der Waals surface area contributed by atoms with E-state index in [0.29, 0.717) is 6.42 Å². The Kier molecular flexibility index (Phi) is 2.01. The van der Waals surface area contributed by atoms with Gasteiger partial charge in [0.15, 0.2) is 0 Å². The molecule has 0 heterocycles. The minimum absolute atomic E-state index is 0.189. The second-order valence-electron chi connectivity index (χ2n) is 2.48. The van der Waals surface area contributed by atoms with Gasteiger partial charge < -0.3 is 10.8 Å². The number of aliphatic carboxylic acids is 1. The SMILES string of the molecule is [3H]N([3H])[C@@H](CC(C)C)C(=O)O. The Balaban J connectivity index is 4.01. The summed E-state index contributed by atoms with van der Waals surface area (Å²) in [5, 5.41) is 8.51. The first-order valence-corrected chi connectivity index (χ1v) is 2.95. The molecule has 0 aliphatic rings. The highest BCUT2D eigenvalue weighted by Crippen LogP contribution is 2.01. The van der Waals surface area contributed by atoms with Gasteiger partial charge in [-0.1, -0.05) is 13.8 Å². The van der Waals surface area contributed by atoms with Gasteiger partial charge in [0.05, 0.1) is 0 Å². The van der Waals surface area contributed by atoms with Crippen molar-refractivity contribution in [3.05, 3.63) is 0 Å². The Hall–Kier alpha value is -0.570. The molecule has 0 bridgehead atoms. The van der Waals surface area contributed by atoms with E-state index in [1.807, 2.05) is 13.8 Å². The Morgan fingerprint density at radius 3 is 2.56 bits per heavy atom. The van der Waals surface area contributed by atoms with Gasteiger partial charge >= 0.3 is 5.97 Å². The lowest BCUT2D eigenvalue weighted by Gasteiger charge is -2.07. The highest BCUT2D eigenvalue weighted by Gasteiger charge is 2.11. The fourth-order valence-electron chi connectivity index (χ4n) is 0.547. The van der Waals surface area contributed by atoms with Crippen LogP contribution < -0.4 is 5.72 Å². The normalized spacial score (nSPS) is 17.3. The third-order valence-electron chi connectivity index (χ3n) is 0.980. The maximum absolute atomic E-state index is 10.4. The number of carboxylic acid groups (broad SMARTS) is 1. The number of carboxylic acids is 1. The smallest absolute Gasteiger partial charge is 0.320 e. The lowest BCUT2D eigenvalue weighted by molar-refractivity contribution is -0.138. The molecular weight excluding hydrogens is 118 g/mol. The van der Waals surface area contributed by atoms with Gasteiger partial charge in [-0.25, -0.2) is 0 Å². The average molecular weight is 135 g/mol. The van der Waals surface area contributed by atoms with Crippen LogP contribution in [0.25, 0.3) is 0 Å². The van der Waals surface area contributed by atoms with Gasteiger partial charge in [0, 0.05) is 0 Å². The van der Waals surface area contributed by atoms with Gasteiger partial charge in [-0.15, -0.1) is 0 Å². The summed E-state index contributed by atoms with van der Waals surface area (Å²) in [5.41, 5.74) is 0.238. The van der Waals surface area contributed by atoms with Gasteiger partial charge in [-0.3, -0.25) is 4.79 Å². The van der Waals surface area contributed by atoms with E-state index in [-0.39, 0.29) is 11.6 Å². The Labute approximate surface area is 57.8 Å². The summed E-state index contributed by atoms with van der Waals surface area (Å²) in [7, 11) is 0. The van der Waals surface area contributed by atoms with E-state index >= 15 is 0 Å². The maximum Gasteiger partial charge on any atom is 0.320 e. The Bertz CT molecular complexity index is 139. The molecule has 0 amide bonds. The summed E-state index contributed by atoms with van der Waals surface area (Å²) < 4.78 is 13.6.